The Morgan fingerprint density at radius 3 is 2.54 bits per heavy atom. The fourth-order valence-electron chi connectivity index (χ4n) is 2.08. The summed E-state index contributed by atoms with van der Waals surface area (Å²) in [5.74, 6) is -1.15. The second-order valence-electron chi connectivity index (χ2n) is 5.23. The number of carbonyl (C=O) groups excluding carboxylic acids is 1. The van der Waals surface area contributed by atoms with Gasteiger partial charge in [0.25, 0.3) is 0 Å². The maximum absolute atomic E-state index is 13.1. The van der Waals surface area contributed by atoms with Crippen molar-refractivity contribution in [2.24, 2.45) is 0 Å². The molecule has 2 aromatic rings. The van der Waals surface area contributed by atoms with E-state index in [2.05, 4.69) is 5.32 Å². The average molecular weight is 421 g/mol. The molecule has 0 saturated carbocycles. The van der Waals surface area contributed by atoms with E-state index in [1.807, 2.05) is 0 Å². The van der Waals surface area contributed by atoms with Crippen molar-refractivity contribution in [2.75, 3.05) is 26.0 Å². The zero-order valence-corrected chi connectivity index (χ0v) is 16.1. The van der Waals surface area contributed by atoms with Crippen LogP contribution in [0.1, 0.15) is 0 Å². The molecule has 0 radical (unpaired) electrons. The van der Waals surface area contributed by atoms with Crippen LogP contribution in [-0.2, 0) is 14.8 Å². The monoisotopic (exact) mass is 420 g/mol. The van der Waals surface area contributed by atoms with Crippen LogP contribution in [0.3, 0.4) is 0 Å². The third-order valence-electron chi connectivity index (χ3n) is 3.38. The van der Waals surface area contributed by atoms with E-state index in [-0.39, 0.29) is 26.4 Å². The summed E-state index contributed by atoms with van der Waals surface area (Å²) in [6.07, 6.45) is 0. The van der Waals surface area contributed by atoms with E-state index in [1.165, 1.54) is 44.5 Å². The number of sulfonamides is 1. The molecule has 1 amide bonds. The summed E-state index contributed by atoms with van der Waals surface area (Å²) in [6.45, 7) is -0.479. The molecular weight excluding hydrogens is 406 g/mol. The quantitative estimate of drug-likeness (QED) is 0.776. The van der Waals surface area contributed by atoms with Gasteiger partial charge in [0.15, 0.2) is 0 Å². The van der Waals surface area contributed by atoms with E-state index >= 15 is 0 Å². The molecule has 26 heavy (non-hydrogen) atoms. The van der Waals surface area contributed by atoms with Gasteiger partial charge in [-0.15, -0.1) is 0 Å². The second-order valence-corrected chi connectivity index (χ2v) is 8.09. The number of nitrogens with zero attached hydrogens (tertiary/aromatic N) is 1. The molecule has 0 spiro atoms. The summed E-state index contributed by atoms with van der Waals surface area (Å²) in [5, 5.41) is 2.50. The number of halogens is 3. The van der Waals surface area contributed by atoms with E-state index in [0.29, 0.717) is 0 Å². The first-order valence-corrected chi connectivity index (χ1v) is 9.39. The van der Waals surface area contributed by atoms with E-state index in [4.69, 9.17) is 27.9 Å². The summed E-state index contributed by atoms with van der Waals surface area (Å²) < 4.78 is 44.4. The summed E-state index contributed by atoms with van der Waals surface area (Å²) >= 11 is 11.5. The van der Waals surface area contributed by atoms with Crippen LogP contribution >= 0.6 is 23.2 Å². The molecule has 0 aliphatic heterocycles. The Morgan fingerprint density at radius 2 is 1.92 bits per heavy atom. The number of rotatable bonds is 6. The summed E-state index contributed by atoms with van der Waals surface area (Å²) in [5.41, 5.74) is 0.243. The highest BCUT2D eigenvalue weighted by molar-refractivity contribution is 7.89. The number of anilines is 1. The Balaban J connectivity index is 2.17. The molecular formula is C16H15Cl2FN2O4S. The van der Waals surface area contributed by atoms with E-state index < -0.39 is 28.3 Å². The lowest BCUT2D eigenvalue weighted by molar-refractivity contribution is -0.116. The van der Waals surface area contributed by atoms with Crippen molar-refractivity contribution in [1.29, 1.82) is 0 Å². The molecule has 2 rings (SSSR count). The van der Waals surface area contributed by atoms with Crippen LogP contribution in [0.4, 0.5) is 10.1 Å². The fraction of sp³-hybridized carbons (Fsp3) is 0.188. The molecule has 0 bridgehead atoms. The molecule has 1 N–H and O–H groups in total. The number of ether oxygens (including phenoxy) is 1. The van der Waals surface area contributed by atoms with Gasteiger partial charge in [0.1, 0.15) is 16.5 Å². The number of benzene rings is 2. The molecule has 0 heterocycles. The van der Waals surface area contributed by atoms with Crippen molar-refractivity contribution < 1.29 is 22.3 Å². The van der Waals surface area contributed by atoms with Crippen molar-refractivity contribution in [3.63, 3.8) is 0 Å². The Bertz CT molecular complexity index is 938. The molecule has 0 fully saturated rings. The number of hydrogen-bond donors (Lipinski definition) is 1. The first kappa shape index (κ1) is 20.4. The maximum Gasteiger partial charge on any atom is 0.247 e. The van der Waals surface area contributed by atoms with Gasteiger partial charge in [0, 0.05) is 17.8 Å². The number of hydrogen-bond acceptors (Lipinski definition) is 4. The minimum Gasteiger partial charge on any atom is -0.495 e. The minimum absolute atomic E-state index is 0.104. The second kappa shape index (κ2) is 8.22. The van der Waals surface area contributed by atoms with Crippen LogP contribution in [-0.4, -0.2) is 39.3 Å². The molecule has 0 unspecified atom stereocenters. The molecule has 6 nitrogen and oxygen atoms in total. The van der Waals surface area contributed by atoms with Gasteiger partial charge in [-0.05, 0) is 36.4 Å². The topological polar surface area (TPSA) is 75.7 Å². The Labute approximate surface area is 160 Å². The van der Waals surface area contributed by atoms with Crippen molar-refractivity contribution in [1.82, 2.24) is 4.31 Å². The predicted molar refractivity (Wildman–Crippen MR) is 97.9 cm³/mol. The highest BCUT2D eigenvalue weighted by atomic mass is 35.5. The van der Waals surface area contributed by atoms with Gasteiger partial charge in [0.05, 0.1) is 18.7 Å². The molecule has 140 valence electrons. The largest absolute Gasteiger partial charge is 0.495 e. The smallest absolute Gasteiger partial charge is 0.247 e. The van der Waals surface area contributed by atoms with Crippen LogP contribution in [0.5, 0.6) is 5.75 Å². The number of carbonyl (C=O) groups is 1. The van der Waals surface area contributed by atoms with Crippen LogP contribution in [0, 0.1) is 5.82 Å². The lowest BCUT2D eigenvalue weighted by Crippen LogP contribution is -2.35. The van der Waals surface area contributed by atoms with Crippen LogP contribution in [0.2, 0.25) is 10.0 Å². The van der Waals surface area contributed by atoms with Crippen molar-refractivity contribution in [2.45, 2.75) is 4.90 Å². The van der Waals surface area contributed by atoms with Gasteiger partial charge in [0.2, 0.25) is 15.9 Å². The molecule has 0 saturated heterocycles. The molecule has 0 aliphatic rings. The maximum atomic E-state index is 13.1. The number of methoxy groups -OCH3 is 1. The minimum atomic E-state index is -4.03. The number of nitrogens with one attached hydrogen (secondary N) is 1. The first-order valence-electron chi connectivity index (χ1n) is 7.20. The summed E-state index contributed by atoms with van der Waals surface area (Å²) in [6, 6.07) is 7.78. The highest BCUT2D eigenvalue weighted by Crippen LogP contribution is 2.29. The van der Waals surface area contributed by atoms with Gasteiger partial charge in [-0.3, -0.25) is 4.79 Å². The van der Waals surface area contributed by atoms with Gasteiger partial charge >= 0.3 is 0 Å². The predicted octanol–water partition coefficient (Wildman–Crippen LogP) is 3.40. The molecule has 0 aromatic heterocycles. The Kier molecular flexibility index (Phi) is 6.46. The highest BCUT2D eigenvalue weighted by Gasteiger charge is 2.27. The van der Waals surface area contributed by atoms with E-state index in [9.17, 15) is 17.6 Å². The molecule has 2 aromatic carbocycles. The molecule has 0 aliphatic carbocycles. The lowest BCUT2D eigenvalue weighted by Gasteiger charge is -2.18. The molecule has 10 heteroatoms. The number of likely N-dealkylation sites (N-methyl/N-ethyl adjacent to an activating group) is 1. The van der Waals surface area contributed by atoms with Gasteiger partial charge in [-0.1, -0.05) is 23.2 Å². The normalized spacial score (nSPS) is 11.5. The first-order chi connectivity index (χ1) is 12.1. The molecule has 0 atom stereocenters. The number of amides is 1. The zero-order valence-electron chi connectivity index (χ0n) is 13.8. The summed E-state index contributed by atoms with van der Waals surface area (Å²) in [7, 11) is -1.46. The van der Waals surface area contributed by atoms with Crippen LogP contribution in [0.15, 0.2) is 41.3 Å². The van der Waals surface area contributed by atoms with Crippen LogP contribution < -0.4 is 10.1 Å². The Hall–Kier alpha value is -1.87. The van der Waals surface area contributed by atoms with Gasteiger partial charge in [-0.25, -0.2) is 12.8 Å². The van der Waals surface area contributed by atoms with Crippen LogP contribution in [0.25, 0.3) is 0 Å². The summed E-state index contributed by atoms with van der Waals surface area (Å²) in [4.78, 5) is 11.9. The lowest BCUT2D eigenvalue weighted by atomic mass is 10.3. The zero-order chi connectivity index (χ0) is 19.5. The van der Waals surface area contributed by atoms with Crippen molar-refractivity contribution >= 4 is 44.8 Å². The fourth-order valence-corrected chi connectivity index (χ4v) is 3.80. The third-order valence-corrected chi connectivity index (χ3v) is 5.73. The van der Waals surface area contributed by atoms with Crippen molar-refractivity contribution in [3.05, 3.63) is 52.3 Å². The van der Waals surface area contributed by atoms with Gasteiger partial charge in [-0.2, -0.15) is 4.31 Å². The third kappa shape index (κ3) is 4.64. The Morgan fingerprint density at radius 1 is 1.23 bits per heavy atom. The van der Waals surface area contributed by atoms with Crippen molar-refractivity contribution in [3.8, 4) is 5.75 Å². The van der Waals surface area contributed by atoms with E-state index in [1.54, 1.807) is 0 Å². The standard InChI is InChI=1S/C16H15Cl2FN2O4S/c1-21(9-16(22)20-11-4-5-13(19)12(18)8-11)26(23,24)15-7-10(17)3-6-14(15)25-2/h3-8H,9H2,1-2H3,(H,20,22). The SMILES string of the molecule is COc1ccc(Cl)cc1S(=O)(=O)N(C)CC(=O)Nc1ccc(F)c(Cl)c1. The van der Waals surface area contributed by atoms with Gasteiger partial charge < -0.3 is 10.1 Å². The van der Waals surface area contributed by atoms with E-state index in [0.717, 1.165) is 10.4 Å². The average Bonchev–Trinajstić information content (AvgIpc) is 2.58.